The Hall–Kier alpha value is -3.47. The number of benzene rings is 2. The minimum atomic E-state index is -0.912. The van der Waals surface area contributed by atoms with Crippen LogP contribution in [0.15, 0.2) is 34.9 Å². The van der Waals surface area contributed by atoms with Gasteiger partial charge in [-0.3, -0.25) is 4.79 Å². The Morgan fingerprint density at radius 2 is 1.89 bits per heavy atom. The molecule has 3 N–H and O–H groups in total. The second-order valence-corrected chi connectivity index (χ2v) is 8.55. The summed E-state index contributed by atoms with van der Waals surface area (Å²) in [5, 5.41) is 25.3. The molecule has 1 atom stereocenters. The van der Waals surface area contributed by atoms with Crippen LogP contribution in [0.4, 0.5) is 0 Å². The summed E-state index contributed by atoms with van der Waals surface area (Å²) in [7, 11) is 5.63. The van der Waals surface area contributed by atoms with Crippen LogP contribution in [0.5, 0.6) is 11.5 Å². The van der Waals surface area contributed by atoms with Crippen LogP contribution < -0.4 is 14.8 Å². The summed E-state index contributed by atoms with van der Waals surface area (Å²) in [5.41, 5.74) is 4.28. The number of nitrogens with one attached hydrogen (secondary N) is 1. The van der Waals surface area contributed by atoms with E-state index in [9.17, 15) is 9.90 Å². The van der Waals surface area contributed by atoms with Gasteiger partial charge in [-0.15, -0.1) is 0 Å². The number of aryl methyl sites for hydroxylation is 2. The van der Waals surface area contributed by atoms with Crippen LogP contribution in [-0.2, 0) is 11.3 Å². The fourth-order valence-electron chi connectivity index (χ4n) is 3.64. The Morgan fingerprint density at radius 3 is 2.51 bits per heavy atom. The number of aliphatic hydroxyl groups excluding tert-OH is 2. The molecule has 2 aromatic carbocycles. The molecule has 0 aliphatic carbocycles. The molecule has 0 aliphatic rings. The third-order valence-electron chi connectivity index (χ3n) is 5.26. The zero-order chi connectivity index (χ0) is 25.5. The molecule has 1 unspecified atom stereocenters. The predicted molar refractivity (Wildman–Crippen MR) is 130 cm³/mol. The van der Waals surface area contributed by atoms with Gasteiger partial charge in [0.05, 0.1) is 7.11 Å². The summed E-state index contributed by atoms with van der Waals surface area (Å²) in [5.74, 6) is 1.66. The van der Waals surface area contributed by atoms with Gasteiger partial charge in [0.1, 0.15) is 30.8 Å². The molecular weight excluding hydrogens is 452 g/mol. The number of rotatable bonds is 11. The van der Waals surface area contributed by atoms with Crippen molar-refractivity contribution in [1.82, 2.24) is 20.4 Å². The normalized spacial score (nSPS) is 12.0. The first-order chi connectivity index (χ1) is 16.7. The Morgan fingerprint density at radius 1 is 1.17 bits per heavy atom. The van der Waals surface area contributed by atoms with Gasteiger partial charge in [-0.25, -0.2) is 0 Å². The van der Waals surface area contributed by atoms with Gasteiger partial charge in [0.2, 0.25) is 11.7 Å². The van der Waals surface area contributed by atoms with Crippen molar-refractivity contribution in [3.05, 3.63) is 47.0 Å². The van der Waals surface area contributed by atoms with E-state index in [1.165, 1.54) is 0 Å². The van der Waals surface area contributed by atoms with Gasteiger partial charge in [0.25, 0.3) is 5.89 Å². The van der Waals surface area contributed by atoms with Gasteiger partial charge < -0.3 is 34.4 Å². The molecule has 0 radical (unpaired) electrons. The number of carbonyl (C=O) groups is 1. The summed E-state index contributed by atoms with van der Waals surface area (Å²) < 4.78 is 16.8. The van der Waals surface area contributed by atoms with Crippen molar-refractivity contribution in [2.45, 2.75) is 26.5 Å². The fraction of sp³-hybridized carbons (Fsp3) is 0.400. The smallest absolute Gasteiger partial charge is 0.258 e. The maximum absolute atomic E-state index is 11.1. The summed E-state index contributed by atoms with van der Waals surface area (Å²) >= 11 is 0. The van der Waals surface area contributed by atoms with E-state index in [1.807, 2.05) is 58.3 Å². The Labute approximate surface area is 204 Å². The largest absolute Gasteiger partial charge is 0.496 e. The standard InChI is InChI=1S/C25H32N4O6/c1-15-8-19(9-16(2)23(15)34-14-20(31)11-26-22(32)13-30)24-27-25(35-28-24)17-6-7-18(12-29(3)4)21(10-17)33-5/h6-10,20,30-31H,11-14H2,1-5H3,(H,26,32). The summed E-state index contributed by atoms with van der Waals surface area (Å²) in [6, 6.07) is 9.58. The lowest BCUT2D eigenvalue weighted by atomic mass is 10.1. The quantitative estimate of drug-likeness (QED) is 0.374. The maximum Gasteiger partial charge on any atom is 0.258 e. The number of aliphatic hydroxyl groups is 2. The minimum Gasteiger partial charge on any atom is -0.496 e. The molecule has 1 aromatic heterocycles. The summed E-state index contributed by atoms with van der Waals surface area (Å²) in [6.07, 6.45) is -0.912. The molecule has 188 valence electrons. The minimum absolute atomic E-state index is 0.00918. The van der Waals surface area contributed by atoms with Crippen LogP contribution in [0.2, 0.25) is 0 Å². The molecule has 1 heterocycles. The second kappa shape index (κ2) is 11.8. The first-order valence-corrected chi connectivity index (χ1v) is 11.2. The topological polar surface area (TPSA) is 130 Å². The molecule has 10 nitrogen and oxygen atoms in total. The van der Waals surface area contributed by atoms with Crippen LogP contribution >= 0.6 is 0 Å². The third kappa shape index (κ3) is 6.78. The van der Waals surface area contributed by atoms with E-state index in [4.69, 9.17) is 19.1 Å². The lowest BCUT2D eigenvalue weighted by Gasteiger charge is -2.16. The summed E-state index contributed by atoms with van der Waals surface area (Å²) in [6.45, 7) is 3.88. The van der Waals surface area contributed by atoms with Crippen molar-refractivity contribution in [3.63, 3.8) is 0 Å². The van der Waals surface area contributed by atoms with E-state index in [1.54, 1.807) is 7.11 Å². The van der Waals surface area contributed by atoms with Gasteiger partial charge >= 0.3 is 0 Å². The van der Waals surface area contributed by atoms with Crippen molar-refractivity contribution in [2.75, 3.05) is 41.0 Å². The number of hydrogen-bond acceptors (Lipinski definition) is 9. The molecule has 1 amide bonds. The maximum atomic E-state index is 11.1. The van der Waals surface area contributed by atoms with Crippen LogP contribution in [0, 0.1) is 13.8 Å². The first-order valence-electron chi connectivity index (χ1n) is 11.2. The summed E-state index contributed by atoms with van der Waals surface area (Å²) in [4.78, 5) is 17.7. The van der Waals surface area contributed by atoms with Crippen molar-refractivity contribution in [1.29, 1.82) is 0 Å². The Balaban J connectivity index is 1.74. The Bertz CT molecular complexity index is 1140. The van der Waals surface area contributed by atoms with Gasteiger partial charge in [0, 0.05) is 29.8 Å². The fourth-order valence-corrected chi connectivity index (χ4v) is 3.64. The molecule has 3 aromatic rings. The number of carbonyl (C=O) groups excluding carboxylic acids is 1. The van der Waals surface area contributed by atoms with Crippen LogP contribution in [0.3, 0.4) is 0 Å². The molecule has 35 heavy (non-hydrogen) atoms. The Kier molecular flexibility index (Phi) is 8.80. The first kappa shape index (κ1) is 26.1. The zero-order valence-corrected chi connectivity index (χ0v) is 20.7. The van der Waals surface area contributed by atoms with Gasteiger partial charge in [-0.2, -0.15) is 4.98 Å². The zero-order valence-electron chi connectivity index (χ0n) is 20.7. The molecular formula is C25H32N4O6. The van der Waals surface area contributed by atoms with Crippen molar-refractivity contribution in [2.24, 2.45) is 0 Å². The highest BCUT2D eigenvalue weighted by molar-refractivity contribution is 5.76. The highest BCUT2D eigenvalue weighted by Crippen LogP contribution is 2.32. The molecule has 0 aliphatic heterocycles. The van der Waals surface area contributed by atoms with Crippen LogP contribution in [0.1, 0.15) is 16.7 Å². The molecule has 0 spiro atoms. The van der Waals surface area contributed by atoms with Crippen molar-refractivity contribution < 1.29 is 29.0 Å². The van der Waals surface area contributed by atoms with Crippen LogP contribution in [-0.4, -0.2) is 78.2 Å². The molecule has 0 saturated carbocycles. The third-order valence-corrected chi connectivity index (χ3v) is 5.26. The SMILES string of the molecule is COc1cc(-c2nc(-c3cc(C)c(OCC(O)CNC(=O)CO)c(C)c3)no2)ccc1CN(C)C. The highest BCUT2D eigenvalue weighted by Gasteiger charge is 2.17. The number of ether oxygens (including phenoxy) is 2. The molecule has 0 fully saturated rings. The molecule has 0 bridgehead atoms. The number of methoxy groups -OCH3 is 1. The van der Waals surface area contributed by atoms with E-state index in [0.29, 0.717) is 17.5 Å². The van der Waals surface area contributed by atoms with Gasteiger partial charge in [0.15, 0.2) is 0 Å². The van der Waals surface area contributed by atoms with E-state index in [0.717, 1.165) is 40.1 Å². The average molecular weight is 485 g/mol. The van der Waals surface area contributed by atoms with E-state index < -0.39 is 18.6 Å². The van der Waals surface area contributed by atoms with E-state index >= 15 is 0 Å². The lowest BCUT2D eigenvalue weighted by Crippen LogP contribution is -2.36. The van der Waals surface area contributed by atoms with Gasteiger partial charge in [-0.1, -0.05) is 11.2 Å². The number of aromatic nitrogens is 2. The number of hydrogen-bond donors (Lipinski definition) is 3. The lowest BCUT2D eigenvalue weighted by molar-refractivity contribution is -0.124. The second-order valence-electron chi connectivity index (χ2n) is 8.55. The average Bonchev–Trinajstić information content (AvgIpc) is 3.32. The molecule has 10 heteroatoms. The van der Waals surface area contributed by atoms with Crippen molar-refractivity contribution >= 4 is 5.91 Å². The number of amides is 1. The van der Waals surface area contributed by atoms with E-state index in [2.05, 4.69) is 20.4 Å². The van der Waals surface area contributed by atoms with Gasteiger partial charge in [-0.05, 0) is 63.3 Å². The highest BCUT2D eigenvalue weighted by atomic mass is 16.5. The number of nitrogens with zero attached hydrogens (tertiary/aromatic N) is 3. The predicted octanol–water partition coefficient (Wildman–Crippen LogP) is 1.94. The molecule has 3 rings (SSSR count). The monoisotopic (exact) mass is 484 g/mol. The van der Waals surface area contributed by atoms with Crippen LogP contribution in [0.25, 0.3) is 22.8 Å². The molecule has 0 saturated heterocycles. The van der Waals surface area contributed by atoms with Crippen molar-refractivity contribution in [3.8, 4) is 34.3 Å². The van der Waals surface area contributed by atoms with E-state index in [-0.39, 0.29) is 13.2 Å².